The number of rotatable bonds is 6. The first-order valence-electron chi connectivity index (χ1n) is 10.2. The molecule has 2 amide bonds. The molecule has 2 aliphatic rings. The maximum absolute atomic E-state index is 12.6. The number of nitrogens with zero attached hydrogens (tertiary/aromatic N) is 2. The molecule has 1 aromatic rings. The number of carbonyl (C=O) groups excluding carboxylic acids is 3. The van der Waals surface area contributed by atoms with Crippen molar-refractivity contribution in [1.29, 1.82) is 0 Å². The maximum atomic E-state index is 12.6. The van der Waals surface area contributed by atoms with E-state index in [0.717, 1.165) is 40.8 Å². The fourth-order valence-electron chi connectivity index (χ4n) is 3.95. The molecular weight excluding hydrogens is 400 g/mol. The van der Waals surface area contributed by atoms with Gasteiger partial charge in [0.2, 0.25) is 0 Å². The molecule has 0 atom stereocenters. The van der Waals surface area contributed by atoms with Gasteiger partial charge in [-0.05, 0) is 75.2 Å². The second-order valence-electron chi connectivity index (χ2n) is 7.98. The third-order valence-corrected chi connectivity index (χ3v) is 6.12. The van der Waals surface area contributed by atoms with Crippen molar-refractivity contribution < 1.29 is 19.1 Å². The van der Waals surface area contributed by atoms with Crippen molar-refractivity contribution in [3.05, 3.63) is 40.3 Å². The Hall–Kier alpha value is -2.54. The second kappa shape index (κ2) is 8.68. The van der Waals surface area contributed by atoms with E-state index in [-0.39, 0.29) is 18.7 Å². The van der Waals surface area contributed by atoms with Gasteiger partial charge in [0, 0.05) is 17.8 Å². The summed E-state index contributed by atoms with van der Waals surface area (Å²) in [5, 5.41) is -0.454. The molecule has 0 aromatic heterocycles. The van der Waals surface area contributed by atoms with Crippen molar-refractivity contribution in [3.63, 3.8) is 0 Å². The molecule has 1 fully saturated rings. The maximum Gasteiger partial charge on any atom is 0.326 e. The Labute approximate surface area is 181 Å². The fourth-order valence-corrected chi connectivity index (χ4v) is 4.78. The monoisotopic (exact) mass is 428 g/mol. The lowest BCUT2D eigenvalue weighted by molar-refractivity contribution is -0.145. The summed E-state index contributed by atoms with van der Waals surface area (Å²) in [5.41, 5.74) is 4.27. The average Bonchev–Trinajstić information content (AvgIpc) is 2.92. The normalized spacial score (nSPS) is 19.2. The average molecular weight is 429 g/mol. The van der Waals surface area contributed by atoms with Crippen LogP contribution in [0, 0.1) is 0 Å². The van der Waals surface area contributed by atoms with Crippen LogP contribution in [0.1, 0.15) is 52.2 Å². The predicted octanol–water partition coefficient (Wildman–Crippen LogP) is 4.70. The minimum absolute atomic E-state index is 0.0651. The lowest BCUT2D eigenvalue weighted by Gasteiger charge is -2.43. The quantitative estimate of drug-likeness (QED) is 0.483. The SMILES string of the molecule is CCCN1c2ccc(/C=C3\SC(=O)N(CC(=O)OCC)C3=O)cc2C(C)=CC1(C)C. The first-order chi connectivity index (χ1) is 14.2. The van der Waals surface area contributed by atoms with Crippen molar-refractivity contribution in [3.8, 4) is 0 Å². The summed E-state index contributed by atoms with van der Waals surface area (Å²) in [5.74, 6) is -1.05. The van der Waals surface area contributed by atoms with Crippen LogP contribution in [0.2, 0.25) is 0 Å². The van der Waals surface area contributed by atoms with E-state index < -0.39 is 17.1 Å². The van der Waals surface area contributed by atoms with Gasteiger partial charge in [0.1, 0.15) is 6.54 Å². The van der Waals surface area contributed by atoms with E-state index in [1.54, 1.807) is 13.0 Å². The smallest absolute Gasteiger partial charge is 0.326 e. The van der Waals surface area contributed by atoms with E-state index in [1.807, 2.05) is 6.07 Å². The van der Waals surface area contributed by atoms with Crippen molar-refractivity contribution in [2.75, 3.05) is 24.6 Å². The largest absolute Gasteiger partial charge is 0.465 e. The van der Waals surface area contributed by atoms with Gasteiger partial charge < -0.3 is 9.64 Å². The summed E-state index contributed by atoms with van der Waals surface area (Å²) >= 11 is 0.849. The van der Waals surface area contributed by atoms with Crippen molar-refractivity contribution in [2.24, 2.45) is 0 Å². The number of amides is 2. The van der Waals surface area contributed by atoms with Gasteiger partial charge in [0.15, 0.2) is 0 Å². The molecule has 7 heteroatoms. The number of hydrogen-bond donors (Lipinski definition) is 0. The Balaban J connectivity index is 1.89. The van der Waals surface area contributed by atoms with Crippen LogP contribution in [0.25, 0.3) is 11.6 Å². The van der Waals surface area contributed by atoms with E-state index in [0.29, 0.717) is 4.91 Å². The molecule has 0 spiro atoms. The zero-order valence-corrected chi connectivity index (χ0v) is 19.0. The molecule has 2 aliphatic heterocycles. The van der Waals surface area contributed by atoms with Gasteiger partial charge in [-0.25, -0.2) is 0 Å². The Morgan fingerprint density at radius 2 is 1.97 bits per heavy atom. The fraction of sp³-hybridized carbons (Fsp3) is 0.435. The zero-order valence-electron chi connectivity index (χ0n) is 18.2. The molecule has 3 rings (SSSR count). The molecule has 0 radical (unpaired) electrons. The minimum atomic E-state index is -0.589. The molecular formula is C23H28N2O4S. The lowest BCUT2D eigenvalue weighted by atomic mass is 9.88. The highest BCUT2D eigenvalue weighted by Crippen LogP contribution is 2.40. The number of esters is 1. The van der Waals surface area contributed by atoms with Crippen LogP contribution in [0.3, 0.4) is 0 Å². The number of benzene rings is 1. The number of allylic oxidation sites excluding steroid dienone is 1. The minimum Gasteiger partial charge on any atom is -0.465 e. The van der Waals surface area contributed by atoms with Crippen molar-refractivity contribution in [2.45, 2.75) is 46.6 Å². The molecule has 0 N–H and O–H groups in total. The molecule has 0 bridgehead atoms. The van der Waals surface area contributed by atoms with Crippen molar-refractivity contribution in [1.82, 2.24) is 4.90 Å². The summed E-state index contributed by atoms with van der Waals surface area (Å²) in [7, 11) is 0. The van der Waals surface area contributed by atoms with Gasteiger partial charge in [-0.15, -0.1) is 0 Å². The standard InChI is InChI=1S/C23H28N2O4S/c1-6-10-25-18-9-8-16(11-17(18)15(3)13-23(25,4)5)12-19-21(27)24(22(28)30-19)14-20(26)29-7-2/h8-9,11-13H,6-7,10,14H2,1-5H3/b19-12-. The summed E-state index contributed by atoms with van der Waals surface area (Å²) in [6.07, 6.45) is 5.03. The Morgan fingerprint density at radius 3 is 2.63 bits per heavy atom. The summed E-state index contributed by atoms with van der Waals surface area (Å²) in [4.78, 5) is 40.1. The van der Waals surface area contributed by atoms with Crippen molar-refractivity contribution >= 4 is 46.2 Å². The van der Waals surface area contributed by atoms with E-state index in [9.17, 15) is 14.4 Å². The van der Waals surface area contributed by atoms with Crippen LogP contribution in [0.4, 0.5) is 10.5 Å². The molecule has 1 saturated heterocycles. The van der Waals surface area contributed by atoms with Gasteiger partial charge in [0.05, 0.1) is 17.1 Å². The Bertz CT molecular complexity index is 949. The van der Waals surface area contributed by atoms with Gasteiger partial charge in [-0.3, -0.25) is 19.3 Å². The zero-order chi connectivity index (χ0) is 22.1. The molecule has 0 aliphatic carbocycles. The molecule has 6 nitrogen and oxygen atoms in total. The highest BCUT2D eigenvalue weighted by Gasteiger charge is 2.37. The number of fused-ring (bicyclic) bond motifs is 1. The number of ether oxygens (including phenoxy) is 1. The molecule has 0 unspecified atom stereocenters. The number of carbonyl (C=O) groups is 3. The van der Waals surface area contributed by atoms with Crippen LogP contribution in [0.15, 0.2) is 29.2 Å². The predicted molar refractivity (Wildman–Crippen MR) is 121 cm³/mol. The van der Waals surface area contributed by atoms with Crippen LogP contribution >= 0.6 is 11.8 Å². The topological polar surface area (TPSA) is 66.9 Å². The number of hydrogen-bond acceptors (Lipinski definition) is 6. The summed E-state index contributed by atoms with van der Waals surface area (Å²) < 4.78 is 4.85. The van der Waals surface area contributed by atoms with E-state index in [1.165, 1.54) is 11.3 Å². The molecule has 1 aromatic carbocycles. The number of thioether (sulfide) groups is 1. The van der Waals surface area contributed by atoms with E-state index in [2.05, 4.69) is 50.8 Å². The van der Waals surface area contributed by atoms with Gasteiger partial charge in [-0.2, -0.15) is 0 Å². The number of imide groups is 1. The van der Waals surface area contributed by atoms with E-state index in [4.69, 9.17) is 4.74 Å². The highest BCUT2D eigenvalue weighted by molar-refractivity contribution is 8.18. The molecule has 0 saturated carbocycles. The highest BCUT2D eigenvalue weighted by atomic mass is 32.2. The molecule has 160 valence electrons. The first kappa shape index (κ1) is 22.2. The first-order valence-corrected chi connectivity index (χ1v) is 11.0. The third kappa shape index (κ3) is 4.31. The molecule has 2 heterocycles. The third-order valence-electron chi connectivity index (χ3n) is 5.21. The lowest BCUT2D eigenvalue weighted by Crippen LogP contribution is -2.45. The Kier molecular flexibility index (Phi) is 6.41. The van der Waals surface area contributed by atoms with Crippen LogP contribution in [-0.2, 0) is 14.3 Å². The summed E-state index contributed by atoms with van der Waals surface area (Å²) in [6.45, 7) is 11.2. The molecule has 30 heavy (non-hydrogen) atoms. The summed E-state index contributed by atoms with van der Waals surface area (Å²) in [6, 6.07) is 6.10. The van der Waals surface area contributed by atoms with Crippen LogP contribution in [-0.4, -0.2) is 47.3 Å². The van der Waals surface area contributed by atoms with Gasteiger partial charge in [-0.1, -0.05) is 19.1 Å². The number of anilines is 1. The van der Waals surface area contributed by atoms with Crippen LogP contribution in [0.5, 0.6) is 0 Å². The van der Waals surface area contributed by atoms with Gasteiger partial charge in [0.25, 0.3) is 11.1 Å². The second-order valence-corrected chi connectivity index (χ2v) is 8.98. The van der Waals surface area contributed by atoms with Gasteiger partial charge >= 0.3 is 5.97 Å². The Morgan fingerprint density at radius 1 is 1.23 bits per heavy atom. The van der Waals surface area contributed by atoms with Crippen LogP contribution < -0.4 is 4.90 Å². The van der Waals surface area contributed by atoms with E-state index >= 15 is 0 Å².